The van der Waals surface area contributed by atoms with Crippen molar-refractivity contribution in [1.82, 2.24) is 4.90 Å². The number of likely N-dealkylation sites (tertiary alicyclic amines) is 1. The number of carbonyl (C=O) groups excluding carboxylic acids is 1. The van der Waals surface area contributed by atoms with E-state index in [-0.39, 0.29) is 24.3 Å². The standard InChI is InChI=1S/C24H31N3O/c1-17(2)18-7-9-19(10-8-18)26-15-12-20(13-16-26)27-23-6-4-3-5-21(23)22(11-14-25)24(27)28/h3-6,19-20,22H,7-13,15-16H2,1-2H3. The van der Waals surface area contributed by atoms with Gasteiger partial charge in [-0.2, -0.15) is 5.26 Å². The lowest BCUT2D eigenvalue weighted by atomic mass is 9.86. The first kappa shape index (κ1) is 19.2. The van der Waals surface area contributed by atoms with Crippen LogP contribution in [0.2, 0.25) is 0 Å². The van der Waals surface area contributed by atoms with Gasteiger partial charge in [-0.1, -0.05) is 29.3 Å². The Morgan fingerprint density at radius 2 is 1.75 bits per heavy atom. The third-order valence-electron chi connectivity index (χ3n) is 7.05. The molecule has 4 heteroatoms. The van der Waals surface area contributed by atoms with Crippen LogP contribution in [0.3, 0.4) is 0 Å². The Balaban J connectivity index is 1.41. The summed E-state index contributed by atoms with van der Waals surface area (Å²) in [6.07, 6.45) is 7.40. The molecule has 28 heavy (non-hydrogen) atoms. The fraction of sp³-hybridized carbons (Fsp3) is 0.583. The average molecular weight is 378 g/mol. The summed E-state index contributed by atoms with van der Waals surface area (Å²) in [6.45, 7) is 6.64. The molecular weight excluding hydrogens is 346 g/mol. The van der Waals surface area contributed by atoms with Crippen molar-refractivity contribution in [2.45, 2.75) is 76.8 Å². The third kappa shape index (κ3) is 3.49. The molecule has 1 saturated heterocycles. The fourth-order valence-corrected chi connectivity index (χ4v) is 5.41. The largest absolute Gasteiger partial charge is 0.308 e. The Morgan fingerprint density at radius 3 is 2.39 bits per heavy atom. The summed E-state index contributed by atoms with van der Waals surface area (Å²) in [6, 6.07) is 11.2. The van der Waals surface area contributed by atoms with Crippen LogP contribution in [0.1, 0.15) is 70.3 Å². The van der Waals surface area contributed by atoms with Crippen molar-refractivity contribution in [3.8, 4) is 6.07 Å². The summed E-state index contributed by atoms with van der Waals surface area (Å²) < 4.78 is 0. The zero-order chi connectivity index (χ0) is 19.7. The summed E-state index contributed by atoms with van der Waals surface area (Å²) in [7, 11) is 0. The van der Waals surface area contributed by atoms with Gasteiger partial charge in [-0.3, -0.25) is 4.79 Å². The topological polar surface area (TPSA) is 47.3 Å². The molecule has 2 fully saturated rings. The van der Waals surface area contributed by atoms with Crippen LogP contribution < -0.4 is 4.90 Å². The number of piperidine rings is 1. The molecule has 1 saturated carbocycles. The zero-order valence-corrected chi connectivity index (χ0v) is 17.2. The van der Waals surface area contributed by atoms with Gasteiger partial charge in [0.1, 0.15) is 0 Å². The number of fused-ring (bicyclic) bond motifs is 1. The van der Waals surface area contributed by atoms with Crippen molar-refractivity contribution in [1.29, 1.82) is 5.26 Å². The van der Waals surface area contributed by atoms with E-state index in [2.05, 4.69) is 30.9 Å². The van der Waals surface area contributed by atoms with Gasteiger partial charge in [0.25, 0.3) is 0 Å². The second-order valence-corrected chi connectivity index (χ2v) is 8.78. The van der Waals surface area contributed by atoms with E-state index in [0.717, 1.165) is 37.2 Å². The van der Waals surface area contributed by atoms with Gasteiger partial charge in [-0.05, 0) is 64.0 Å². The van der Waals surface area contributed by atoms with E-state index in [1.54, 1.807) is 5.57 Å². The number of hydrogen-bond acceptors (Lipinski definition) is 3. The molecule has 0 radical (unpaired) electrons. The number of rotatable bonds is 3. The van der Waals surface area contributed by atoms with Crippen molar-refractivity contribution in [2.75, 3.05) is 18.0 Å². The molecule has 148 valence electrons. The quantitative estimate of drug-likeness (QED) is 0.713. The Bertz CT molecular complexity index is 799. The predicted octanol–water partition coefficient (Wildman–Crippen LogP) is 4.77. The zero-order valence-electron chi connectivity index (χ0n) is 17.2. The molecule has 0 aromatic heterocycles. The molecule has 4 nitrogen and oxygen atoms in total. The van der Waals surface area contributed by atoms with Gasteiger partial charge in [0.15, 0.2) is 0 Å². The number of para-hydroxylation sites is 1. The molecule has 1 aromatic carbocycles. The summed E-state index contributed by atoms with van der Waals surface area (Å²) in [5.41, 5.74) is 5.25. The highest BCUT2D eigenvalue weighted by Crippen LogP contribution is 2.42. The maximum Gasteiger partial charge on any atom is 0.235 e. The van der Waals surface area contributed by atoms with E-state index >= 15 is 0 Å². The first-order chi connectivity index (χ1) is 13.6. The molecule has 1 amide bonds. The van der Waals surface area contributed by atoms with Gasteiger partial charge >= 0.3 is 0 Å². The SMILES string of the molecule is CC(C)=C1CCC(N2CCC(N3C(=O)C(CC#N)c4ccccc43)CC2)CC1. The van der Waals surface area contributed by atoms with E-state index < -0.39 is 0 Å². The molecule has 2 aliphatic heterocycles. The molecule has 2 heterocycles. The van der Waals surface area contributed by atoms with E-state index in [9.17, 15) is 4.79 Å². The molecule has 4 rings (SSSR count). The molecule has 0 spiro atoms. The number of amides is 1. The van der Waals surface area contributed by atoms with Crippen LogP contribution in [0, 0.1) is 11.3 Å². The summed E-state index contributed by atoms with van der Waals surface area (Å²) in [4.78, 5) is 17.8. The number of hydrogen-bond donors (Lipinski definition) is 0. The van der Waals surface area contributed by atoms with Crippen molar-refractivity contribution >= 4 is 11.6 Å². The lowest BCUT2D eigenvalue weighted by molar-refractivity contribution is -0.119. The lowest BCUT2D eigenvalue weighted by Crippen LogP contribution is -2.49. The maximum atomic E-state index is 13.1. The van der Waals surface area contributed by atoms with Crippen molar-refractivity contribution in [3.05, 3.63) is 41.0 Å². The molecule has 3 aliphatic rings. The highest BCUT2D eigenvalue weighted by Gasteiger charge is 2.41. The van der Waals surface area contributed by atoms with Crippen LogP contribution >= 0.6 is 0 Å². The average Bonchev–Trinajstić information content (AvgIpc) is 3.00. The van der Waals surface area contributed by atoms with Crippen LogP contribution in [0.4, 0.5) is 5.69 Å². The predicted molar refractivity (Wildman–Crippen MR) is 112 cm³/mol. The highest BCUT2D eigenvalue weighted by atomic mass is 16.2. The second kappa shape index (κ2) is 8.09. The summed E-state index contributed by atoms with van der Waals surface area (Å²) >= 11 is 0. The maximum absolute atomic E-state index is 13.1. The van der Waals surface area contributed by atoms with Crippen molar-refractivity contribution in [2.24, 2.45) is 0 Å². The number of nitriles is 1. The van der Waals surface area contributed by atoms with Gasteiger partial charge < -0.3 is 9.80 Å². The molecule has 1 atom stereocenters. The molecule has 1 aromatic rings. The molecular formula is C24H31N3O. The summed E-state index contributed by atoms with van der Waals surface area (Å²) in [5.74, 6) is -0.146. The highest BCUT2D eigenvalue weighted by molar-refractivity contribution is 6.05. The molecule has 1 unspecified atom stereocenters. The number of allylic oxidation sites excluding steroid dienone is 2. The first-order valence-corrected chi connectivity index (χ1v) is 10.8. The number of anilines is 1. The van der Waals surface area contributed by atoms with E-state index in [1.807, 2.05) is 23.1 Å². The van der Waals surface area contributed by atoms with E-state index in [4.69, 9.17) is 5.26 Å². The molecule has 0 N–H and O–H groups in total. The first-order valence-electron chi connectivity index (χ1n) is 10.8. The minimum absolute atomic E-state index is 0.132. The smallest absolute Gasteiger partial charge is 0.235 e. The summed E-state index contributed by atoms with van der Waals surface area (Å²) in [5, 5.41) is 9.17. The van der Waals surface area contributed by atoms with E-state index in [1.165, 1.54) is 31.3 Å². The third-order valence-corrected chi connectivity index (χ3v) is 7.05. The van der Waals surface area contributed by atoms with E-state index in [0.29, 0.717) is 6.04 Å². The van der Waals surface area contributed by atoms with Gasteiger partial charge in [0, 0.05) is 30.9 Å². The van der Waals surface area contributed by atoms with Crippen LogP contribution in [0.25, 0.3) is 0 Å². The van der Waals surface area contributed by atoms with Gasteiger partial charge in [-0.15, -0.1) is 0 Å². The Labute approximate surface area is 168 Å². The fourth-order valence-electron chi connectivity index (χ4n) is 5.41. The van der Waals surface area contributed by atoms with Crippen molar-refractivity contribution in [3.63, 3.8) is 0 Å². The number of nitrogens with zero attached hydrogens (tertiary/aromatic N) is 3. The molecule has 1 aliphatic carbocycles. The lowest BCUT2D eigenvalue weighted by Gasteiger charge is -2.42. The minimum atomic E-state index is -0.278. The van der Waals surface area contributed by atoms with Crippen molar-refractivity contribution < 1.29 is 4.79 Å². The molecule has 0 bridgehead atoms. The Kier molecular flexibility index (Phi) is 5.55. The van der Waals surface area contributed by atoms with Crippen LogP contribution in [-0.4, -0.2) is 36.0 Å². The Hall–Kier alpha value is -2.12. The normalized spacial score (nSPS) is 26.2. The van der Waals surface area contributed by atoms with Gasteiger partial charge in [-0.25, -0.2) is 0 Å². The second-order valence-electron chi connectivity index (χ2n) is 8.78. The van der Waals surface area contributed by atoms with Crippen LogP contribution in [0.15, 0.2) is 35.4 Å². The Morgan fingerprint density at radius 1 is 1.07 bits per heavy atom. The minimum Gasteiger partial charge on any atom is -0.308 e. The monoisotopic (exact) mass is 377 g/mol. The van der Waals surface area contributed by atoms with Gasteiger partial charge in [0.05, 0.1) is 18.4 Å². The van der Waals surface area contributed by atoms with Gasteiger partial charge in [0.2, 0.25) is 5.91 Å². The van der Waals surface area contributed by atoms with Crippen LogP contribution in [0.5, 0.6) is 0 Å². The van der Waals surface area contributed by atoms with Crippen LogP contribution in [-0.2, 0) is 4.79 Å². The number of benzene rings is 1. The number of carbonyl (C=O) groups is 1.